The molecule has 2 amide bonds. The van der Waals surface area contributed by atoms with Crippen LogP contribution in [0.5, 0.6) is 5.75 Å². The Morgan fingerprint density at radius 1 is 1.14 bits per heavy atom. The first-order valence-electron chi connectivity index (χ1n) is 9.38. The van der Waals surface area contributed by atoms with Gasteiger partial charge in [0.05, 0.1) is 0 Å². The van der Waals surface area contributed by atoms with Crippen LogP contribution in [-0.2, 0) is 9.63 Å². The zero-order valence-corrected chi connectivity index (χ0v) is 17.3. The molecule has 7 heteroatoms. The van der Waals surface area contributed by atoms with Gasteiger partial charge < -0.3 is 10.2 Å². The minimum absolute atomic E-state index is 0. The van der Waals surface area contributed by atoms with E-state index in [-0.39, 0.29) is 19.0 Å². The van der Waals surface area contributed by atoms with E-state index in [1.165, 1.54) is 12.2 Å². The van der Waals surface area contributed by atoms with E-state index < -0.39 is 12.0 Å². The Bertz CT molecular complexity index is 833. The summed E-state index contributed by atoms with van der Waals surface area (Å²) in [6, 6.07) is 13.0. The van der Waals surface area contributed by atoms with Gasteiger partial charge in [0.15, 0.2) is 5.75 Å². The number of allylic oxidation sites excluding steroid dienone is 1. The van der Waals surface area contributed by atoms with Crippen LogP contribution in [0.2, 0.25) is 0 Å². The molecule has 0 bridgehead atoms. The largest absolute Gasteiger partial charge is 0.434 e. The molecule has 2 aromatic rings. The highest BCUT2D eigenvalue weighted by molar-refractivity contribution is 5.89. The highest BCUT2D eigenvalue weighted by atomic mass is 35.5. The fourth-order valence-corrected chi connectivity index (χ4v) is 2.49. The summed E-state index contributed by atoms with van der Waals surface area (Å²) in [5.74, 6) is -0.180. The Balaban J connectivity index is 0.00000420. The average molecular weight is 419 g/mol. The summed E-state index contributed by atoms with van der Waals surface area (Å²) >= 11 is 0. The summed E-state index contributed by atoms with van der Waals surface area (Å²) < 4.78 is 0. The highest BCUT2D eigenvalue weighted by Crippen LogP contribution is 2.26. The lowest BCUT2D eigenvalue weighted by atomic mass is 10.1. The van der Waals surface area contributed by atoms with Crippen LogP contribution < -0.4 is 10.2 Å². The van der Waals surface area contributed by atoms with E-state index in [0.717, 1.165) is 36.5 Å². The number of hydroxylamine groups is 2. The Morgan fingerprint density at radius 2 is 1.90 bits per heavy atom. The van der Waals surface area contributed by atoms with Crippen molar-refractivity contribution in [1.82, 2.24) is 10.5 Å². The van der Waals surface area contributed by atoms with Crippen LogP contribution >= 0.6 is 12.4 Å². The summed E-state index contributed by atoms with van der Waals surface area (Å²) in [5, 5.41) is 4.78. The van der Waals surface area contributed by atoms with Crippen LogP contribution in [0.4, 0.5) is 4.79 Å². The quantitative estimate of drug-likeness (QED) is 0.258. The molecule has 156 valence electrons. The molecule has 2 aromatic carbocycles. The van der Waals surface area contributed by atoms with Crippen molar-refractivity contribution in [3.63, 3.8) is 0 Å². The number of carbonyl (C=O) groups excluding carboxylic acids is 2. The van der Waals surface area contributed by atoms with Crippen LogP contribution in [-0.4, -0.2) is 23.8 Å². The maximum Gasteiger partial charge on any atom is 0.434 e. The van der Waals surface area contributed by atoms with Crippen molar-refractivity contribution in [3.8, 4) is 5.75 Å². The molecule has 0 aromatic heterocycles. The Hall–Kier alpha value is -2.99. The third-order valence-corrected chi connectivity index (χ3v) is 3.90. The number of rotatable bonds is 9. The van der Waals surface area contributed by atoms with Gasteiger partial charge in [-0.1, -0.05) is 68.3 Å². The smallest absolute Gasteiger partial charge is 0.342 e. The molecule has 0 aliphatic carbocycles. The van der Waals surface area contributed by atoms with Crippen molar-refractivity contribution < 1.29 is 19.3 Å². The second-order valence-corrected chi connectivity index (χ2v) is 6.11. The Morgan fingerprint density at radius 3 is 2.66 bits per heavy atom. The maximum absolute atomic E-state index is 12.5. The van der Waals surface area contributed by atoms with Gasteiger partial charge in [0.2, 0.25) is 0 Å². The summed E-state index contributed by atoms with van der Waals surface area (Å²) in [6.07, 6.45) is 7.75. The van der Waals surface area contributed by atoms with Crippen molar-refractivity contribution in [1.29, 1.82) is 0 Å². The number of fused-ring (bicyclic) bond motifs is 1. The normalized spacial score (nSPS) is 10.2. The van der Waals surface area contributed by atoms with Crippen molar-refractivity contribution in [2.45, 2.75) is 32.6 Å². The van der Waals surface area contributed by atoms with Crippen LogP contribution in [0, 0.1) is 0 Å². The van der Waals surface area contributed by atoms with E-state index in [0.29, 0.717) is 11.0 Å². The number of unbranched alkanes of at least 4 members (excludes halogenated alkanes) is 3. The van der Waals surface area contributed by atoms with E-state index in [1.807, 2.05) is 30.3 Å². The van der Waals surface area contributed by atoms with E-state index in [4.69, 9.17) is 9.68 Å². The molecule has 0 unspecified atom stereocenters. The molecule has 2 rings (SSSR count). The van der Waals surface area contributed by atoms with Gasteiger partial charge in [0.1, 0.15) is 0 Å². The molecule has 0 saturated heterocycles. The second kappa shape index (κ2) is 13.2. The fourth-order valence-electron chi connectivity index (χ4n) is 2.49. The Labute approximate surface area is 177 Å². The second-order valence-electron chi connectivity index (χ2n) is 6.11. The lowest BCUT2D eigenvalue weighted by Gasteiger charge is -2.20. The number of carbonyl (C=O) groups is 2. The number of hydrogen-bond acceptors (Lipinski definition) is 4. The number of halogens is 1. The van der Waals surface area contributed by atoms with E-state index in [1.54, 1.807) is 18.2 Å². The SMILES string of the molecule is C=CCNC(=O)ON(Oc1cccc2ccccc12)C(=O)C=CCCCCC.Cl. The highest BCUT2D eigenvalue weighted by Gasteiger charge is 2.20. The predicted molar refractivity (Wildman–Crippen MR) is 117 cm³/mol. The summed E-state index contributed by atoms with van der Waals surface area (Å²) in [4.78, 5) is 35.1. The summed E-state index contributed by atoms with van der Waals surface area (Å²) in [5.41, 5.74) is 0. The molecule has 1 N–H and O–H groups in total. The monoisotopic (exact) mass is 418 g/mol. The lowest BCUT2D eigenvalue weighted by Crippen LogP contribution is -2.39. The Kier molecular flexibility index (Phi) is 11.0. The first kappa shape index (κ1) is 24.0. The van der Waals surface area contributed by atoms with Gasteiger partial charge >= 0.3 is 12.0 Å². The lowest BCUT2D eigenvalue weighted by molar-refractivity contribution is -0.257. The molecule has 0 spiro atoms. The molecule has 0 fully saturated rings. The molecule has 0 heterocycles. The molecule has 0 saturated carbocycles. The molecule has 0 atom stereocenters. The number of benzene rings is 2. The third kappa shape index (κ3) is 7.87. The maximum atomic E-state index is 12.5. The van der Waals surface area contributed by atoms with Crippen molar-refractivity contribution in [3.05, 3.63) is 67.3 Å². The van der Waals surface area contributed by atoms with Gasteiger partial charge in [-0.25, -0.2) is 4.79 Å². The number of nitrogens with zero attached hydrogens (tertiary/aromatic N) is 1. The van der Waals surface area contributed by atoms with Crippen molar-refractivity contribution in [2.75, 3.05) is 6.54 Å². The number of amides is 2. The zero-order chi connectivity index (χ0) is 20.2. The summed E-state index contributed by atoms with van der Waals surface area (Å²) in [6.45, 7) is 5.85. The molecule has 0 radical (unpaired) electrons. The molecule has 0 aliphatic rings. The van der Waals surface area contributed by atoms with E-state index >= 15 is 0 Å². The van der Waals surface area contributed by atoms with Crippen LogP contribution in [0.25, 0.3) is 10.8 Å². The first-order chi connectivity index (χ1) is 13.7. The minimum atomic E-state index is -0.812. The first-order valence-corrected chi connectivity index (χ1v) is 9.38. The van der Waals surface area contributed by atoms with Crippen LogP contribution in [0.1, 0.15) is 32.6 Å². The molecular weight excluding hydrogens is 392 g/mol. The molecule has 6 nitrogen and oxygen atoms in total. The molecule has 29 heavy (non-hydrogen) atoms. The van der Waals surface area contributed by atoms with Gasteiger partial charge in [0, 0.05) is 23.2 Å². The molecule has 0 aliphatic heterocycles. The van der Waals surface area contributed by atoms with Gasteiger partial charge in [-0.3, -0.25) is 9.63 Å². The van der Waals surface area contributed by atoms with Gasteiger partial charge in [0.25, 0.3) is 0 Å². The van der Waals surface area contributed by atoms with Gasteiger partial charge in [-0.2, -0.15) is 0 Å². The third-order valence-electron chi connectivity index (χ3n) is 3.90. The predicted octanol–water partition coefficient (Wildman–Crippen LogP) is 5.35. The number of hydrogen-bond donors (Lipinski definition) is 1. The van der Waals surface area contributed by atoms with Crippen molar-refractivity contribution >= 4 is 35.2 Å². The van der Waals surface area contributed by atoms with Crippen molar-refractivity contribution in [2.24, 2.45) is 0 Å². The van der Waals surface area contributed by atoms with E-state index in [9.17, 15) is 9.59 Å². The minimum Gasteiger partial charge on any atom is -0.342 e. The van der Waals surface area contributed by atoms with E-state index in [2.05, 4.69) is 18.8 Å². The van der Waals surface area contributed by atoms with Crippen LogP contribution in [0.3, 0.4) is 0 Å². The zero-order valence-electron chi connectivity index (χ0n) is 16.5. The fraction of sp³-hybridized carbons (Fsp3) is 0.273. The van der Waals surface area contributed by atoms with Gasteiger partial charge in [-0.15, -0.1) is 19.0 Å². The summed E-state index contributed by atoms with van der Waals surface area (Å²) in [7, 11) is 0. The standard InChI is InChI=1S/C22H26N2O4.ClH/c1-3-5-6-7-8-16-21(25)24(28-22(26)23-17-4-2)27-20-15-11-13-18-12-9-10-14-19(18)20;/h4,8-16H,2-3,5-7,17H2,1H3,(H,23,26);1H. The number of nitrogens with one attached hydrogen (secondary N) is 1. The van der Waals surface area contributed by atoms with Gasteiger partial charge in [-0.05, 0) is 24.3 Å². The molecular formula is C22H27ClN2O4. The average Bonchev–Trinajstić information content (AvgIpc) is 2.71. The van der Waals surface area contributed by atoms with Crippen LogP contribution in [0.15, 0.2) is 67.3 Å². The topological polar surface area (TPSA) is 67.9 Å².